The van der Waals surface area contributed by atoms with Crippen molar-refractivity contribution in [2.24, 2.45) is 5.73 Å². The molecule has 0 radical (unpaired) electrons. The maximum absolute atomic E-state index is 11.0. The van der Waals surface area contributed by atoms with Gasteiger partial charge in [0.05, 0.1) is 0 Å². The standard InChI is InChI=1S/C9H8N4O3/c10-3-1-4-6(11-2-16-4)7-5(3)8(9(14)15)13-12-7/h2-3H,1,10H2,(H,12,13)(H,14,15). The normalized spacial score (nSPS) is 17.9. The number of carbonyl (C=O) groups is 1. The third-order valence-corrected chi connectivity index (χ3v) is 2.66. The fourth-order valence-corrected chi connectivity index (χ4v) is 1.97. The Bertz CT molecular complexity index is 571. The second-order valence-corrected chi connectivity index (χ2v) is 3.60. The van der Waals surface area contributed by atoms with Crippen LogP contribution >= 0.6 is 0 Å². The molecule has 4 N–H and O–H groups in total. The Morgan fingerprint density at radius 3 is 3.19 bits per heavy atom. The fraction of sp³-hybridized carbons (Fsp3) is 0.222. The van der Waals surface area contributed by atoms with Gasteiger partial charge in [0.1, 0.15) is 22.8 Å². The predicted octanol–water partition coefficient (Wildman–Crippen LogP) is 0.319. The van der Waals surface area contributed by atoms with Crippen molar-refractivity contribution in [2.45, 2.75) is 12.5 Å². The minimum atomic E-state index is -1.07. The first-order valence-corrected chi connectivity index (χ1v) is 4.68. The van der Waals surface area contributed by atoms with Gasteiger partial charge >= 0.3 is 5.97 Å². The molecule has 1 aliphatic carbocycles. The van der Waals surface area contributed by atoms with E-state index in [1.54, 1.807) is 0 Å². The van der Waals surface area contributed by atoms with Gasteiger partial charge in [0, 0.05) is 18.0 Å². The summed E-state index contributed by atoms with van der Waals surface area (Å²) in [5.74, 6) is -0.431. The second kappa shape index (κ2) is 2.92. The number of rotatable bonds is 1. The Hall–Kier alpha value is -2.15. The van der Waals surface area contributed by atoms with Gasteiger partial charge in [0.25, 0.3) is 0 Å². The Balaban J connectivity index is 2.27. The first-order valence-electron chi connectivity index (χ1n) is 4.68. The summed E-state index contributed by atoms with van der Waals surface area (Å²) in [5.41, 5.74) is 7.45. The van der Waals surface area contributed by atoms with Crippen molar-refractivity contribution in [1.29, 1.82) is 0 Å². The van der Waals surface area contributed by atoms with Crippen LogP contribution in [0, 0.1) is 0 Å². The van der Waals surface area contributed by atoms with Gasteiger partial charge in [-0.15, -0.1) is 0 Å². The lowest BCUT2D eigenvalue weighted by molar-refractivity contribution is 0.0688. The van der Waals surface area contributed by atoms with Crippen molar-refractivity contribution < 1.29 is 14.3 Å². The van der Waals surface area contributed by atoms with Crippen LogP contribution in [0.5, 0.6) is 0 Å². The Morgan fingerprint density at radius 1 is 1.62 bits per heavy atom. The molecule has 2 aromatic rings. The number of carboxylic acids is 1. The van der Waals surface area contributed by atoms with Crippen LogP contribution in [0.1, 0.15) is 27.9 Å². The van der Waals surface area contributed by atoms with E-state index in [4.69, 9.17) is 15.3 Å². The number of oxazole rings is 1. The molecule has 0 fully saturated rings. The van der Waals surface area contributed by atoms with Crippen molar-refractivity contribution in [3.05, 3.63) is 23.4 Å². The van der Waals surface area contributed by atoms with E-state index in [1.807, 2.05) is 0 Å². The van der Waals surface area contributed by atoms with E-state index in [0.29, 0.717) is 29.1 Å². The highest BCUT2D eigenvalue weighted by Crippen LogP contribution is 2.36. The number of aromatic amines is 1. The zero-order chi connectivity index (χ0) is 11.3. The number of nitrogens with one attached hydrogen (secondary N) is 1. The molecule has 3 rings (SSSR count). The molecule has 1 aliphatic rings. The molecule has 0 aromatic carbocycles. The van der Waals surface area contributed by atoms with Gasteiger partial charge in [0.2, 0.25) is 0 Å². The van der Waals surface area contributed by atoms with E-state index in [9.17, 15) is 4.79 Å². The molecule has 0 spiro atoms. The highest BCUT2D eigenvalue weighted by molar-refractivity contribution is 5.90. The maximum Gasteiger partial charge on any atom is 0.354 e. The number of H-pyrrole nitrogens is 1. The number of carboxylic acid groups (broad SMARTS) is 1. The summed E-state index contributed by atoms with van der Waals surface area (Å²) in [6.45, 7) is 0. The van der Waals surface area contributed by atoms with Crippen molar-refractivity contribution >= 4 is 5.97 Å². The summed E-state index contributed by atoms with van der Waals surface area (Å²) in [7, 11) is 0. The largest absolute Gasteiger partial charge is 0.477 e. The van der Waals surface area contributed by atoms with Gasteiger partial charge in [-0.1, -0.05) is 0 Å². The summed E-state index contributed by atoms with van der Waals surface area (Å²) in [6.07, 6.45) is 1.74. The third-order valence-electron chi connectivity index (χ3n) is 2.66. The molecule has 7 nitrogen and oxygen atoms in total. The lowest BCUT2D eigenvalue weighted by atomic mass is 9.93. The van der Waals surface area contributed by atoms with Gasteiger partial charge in [0.15, 0.2) is 6.39 Å². The minimum Gasteiger partial charge on any atom is -0.477 e. The molecule has 82 valence electrons. The van der Waals surface area contributed by atoms with Crippen molar-refractivity contribution in [1.82, 2.24) is 15.2 Å². The molecule has 0 amide bonds. The molecule has 0 saturated heterocycles. The maximum atomic E-state index is 11.0. The van der Waals surface area contributed by atoms with Crippen LogP contribution in [0.4, 0.5) is 0 Å². The lowest BCUT2D eigenvalue weighted by Crippen LogP contribution is -2.20. The second-order valence-electron chi connectivity index (χ2n) is 3.60. The number of hydrogen-bond acceptors (Lipinski definition) is 5. The molecule has 0 aliphatic heterocycles. The molecular formula is C9H8N4O3. The molecule has 7 heteroatoms. The summed E-state index contributed by atoms with van der Waals surface area (Å²) in [5, 5.41) is 15.4. The third kappa shape index (κ3) is 1.03. The molecular weight excluding hydrogens is 212 g/mol. The topological polar surface area (TPSA) is 118 Å². The van der Waals surface area contributed by atoms with Crippen LogP contribution in [0.15, 0.2) is 10.8 Å². The van der Waals surface area contributed by atoms with Crippen molar-refractivity contribution in [3.8, 4) is 11.4 Å². The average Bonchev–Trinajstić information content (AvgIpc) is 2.80. The molecule has 1 unspecified atom stereocenters. The minimum absolute atomic E-state index is 0.0242. The van der Waals surface area contributed by atoms with Crippen LogP contribution in [-0.4, -0.2) is 26.3 Å². The van der Waals surface area contributed by atoms with Crippen LogP contribution in [-0.2, 0) is 6.42 Å². The SMILES string of the molecule is NC1Cc2ocnc2-c2n[nH]c(C(=O)O)c21. The number of nitrogens with zero attached hydrogens (tertiary/aromatic N) is 2. The number of aromatic nitrogens is 3. The molecule has 0 saturated carbocycles. The van der Waals surface area contributed by atoms with E-state index in [0.717, 1.165) is 0 Å². The van der Waals surface area contributed by atoms with E-state index in [-0.39, 0.29) is 5.69 Å². The monoisotopic (exact) mass is 220 g/mol. The van der Waals surface area contributed by atoms with E-state index >= 15 is 0 Å². The van der Waals surface area contributed by atoms with Crippen LogP contribution in [0.25, 0.3) is 11.4 Å². The number of hydrogen-bond donors (Lipinski definition) is 3. The van der Waals surface area contributed by atoms with Crippen molar-refractivity contribution in [3.63, 3.8) is 0 Å². The summed E-state index contributed by atoms with van der Waals surface area (Å²) in [4.78, 5) is 15.0. The van der Waals surface area contributed by atoms with Gasteiger partial charge in [-0.25, -0.2) is 9.78 Å². The molecule has 2 aromatic heterocycles. The highest BCUT2D eigenvalue weighted by atomic mass is 16.4. The van der Waals surface area contributed by atoms with Gasteiger partial charge < -0.3 is 15.3 Å². The number of aromatic carboxylic acids is 1. The quantitative estimate of drug-likeness (QED) is 0.636. The first-order chi connectivity index (χ1) is 7.68. The zero-order valence-corrected chi connectivity index (χ0v) is 8.10. The molecule has 0 bridgehead atoms. The van der Waals surface area contributed by atoms with Gasteiger partial charge in [-0.3, -0.25) is 5.10 Å². The Labute approximate surface area is 89.3 Å². The zero-order valence-electron chi connectivity index (χ0n) is 8.10. The average molecular weight is 220 g/mol. The summed E-state index contributed by atoms with van der Waals surface area (Å²) >= 11 is 0. The van der Waals surface area contributed by atoms with E-state index in [2.05, 4.69) is 15.2 Å². The van der Waals surface area contributed by atoms with Crippen molar-refractivity contribution in [2.75, 3.05) is 0 Å². The fourth-order valence-electron chi connectivity index (χ4n) is 1.97. The highest BCUT2D eigenvalue weighted by Gasteiger charge is 2.32. The summed E-state index contributed by atoms with van der Waals surface area (Å²) < 4.78 is 5.16. The first kappa shape index (κ1) is 9.10. The molecule has 1 atom stereocenters. The molecule has 16 heavy (non-hydrogen) atoms. The van der Waals surface area contributed by atoms with Crippen LogP contribution < -0.4 is 5.73 Å². The lowest BCUT2D eigenvalue weighted by Gasteiger charge is -2.16. The van der Waals surface area contributed by atoms with Crippen LogP contribution in [0.3, 0.4) is 0 Å². The van der Waals surface area contributed by atoms with Gasteiger partial charge in [-0.2, -0.15) is 5.10 Å². The van der Waals surface area contributed by atoms with E-state index in [1.165, 1.54) is 6.39 Å². The number of fused-ring (bicyclic) bond motifs is 3. The smallest absolute Gasteiger partial charge is 0.354 e. The van der Waals surface area contributed by atoms with Gasteiger partial charge in [-0.05, 0) is 0 Å². The predicted molar refractivity (Wildman–Crippen MR) is 51.7 cm³/mol. The Morgan fingerprint density at radius 2 is 2.44 bits per heavy atom. The Kier molecular flexibility index (Phi) is 1.66. The van der Waals surface area contributed by atoms with Crippen LogP contribution in [0.2, 0.25) is 0 Å². The summed E-state index contributed by atoms with van der Waals surface area (Å²) in [6, 6.07) is -0.430. The molecule has 2 heterocycles. The number of nitrogens with two attached hydrogens (primary N) is 1. The van der Waals surface area contributed by atoms with E-state index < -0.39 is 12.0 Å².